The van der Waals surface area contributed by atoms with E-state index in [2.05, 4.69) is 42.1 Å². The van der Waals surface area contributed by atoms with Crippen LogP contribution in [0, 0.1) is 0 Å². The van der Waals surface area contributed by atoms with Gasteiger partial charge in [-0.25, -0.2) is 4.98 Å². The van der Waals surface area contributed by atoms with Crippen LogP contribution in [0.15, 0.2) is 22.0 Å². The lowest BCUT2D eigenvalue weighted by Crippen LogP contribution is -2.38. The Labute approximate surface area is 179 Å². The van der Waals surface area contributed by atoms with E-state index in [-0.39, 0.29) is 11.3 Å². The molecule has 0 unspecified atom stereocenters. The molecule has 152 valence electrons. The summed E-state index contributed by atoms with van der Waals surface area (Å²) in [4.78, 5) is 19.8. The fourth-order valence-corrected chi connectivity index (χ4v) is 5.05. The molecule has 1 saturated heterocycles. The minimum atomic E-state index is 0.0146. The van der Waals surface area contributed by atoms with Gasteiger partial charge in [-0.15, -0.1) is 11.3 Å². The molecule has 1 aromatic carbocycles. The SMILES string of the molecule is COc1cc(Br)c(C(=O)N2CCC(c3nc(C(C)(C)C)cs3)CC2)cc1OC. The normalized spacial score (nSPS) is 15.6. The van der Waals surface area contributed by atoms with Gasteiger partial charge in [-0.2, -0.15) is 0 Å². The van der Waals surface area contributed by atoms with Crippen molar-refractivity contribution in [3.8, 4) is 11.5 Å². The van der Waals surface area contributed by atoms with Crippen molar-refractivity contribution < 1.29 is 14.3 Å². The van der Waals surface area contributed by atoms with Gasteiger partial charge in [-0.3, -0.25) is 4.79 Å². The van der Waals surface area contributed by atoms with Crippen LogP contribution in [-0.4, -0.2) is 43.1 Å². The molecule has 0 bridgehead atoms. The Morgan fingerprint density at radius 1 is 1.18 bits per heavy atom. The Hall–Kier alpha value is -1.60. The average molecular weight is 467 g/mol. The van der Waals surface area contributed by atoms with E-state index in [1.807, 2.05) is 4.90 Å². The first-order valence-corrected chi connectivity index (χ1v) is 11.1. The Bertz CT molecular complexity index is 852. The molecule has 1 aliphatic rings. The van der Waals surface area contributed by atoms with Gasteiger partial charge in [0.2, 0.25) is 0 Å². The second-order valence-electron chi connectivity index (χ2n) is 8.07. The van der Waals surface area contributed by atoms with E-state index in [1.165, 1.54) is 5.01 Å². The highest BCUT2D eigenvalue weighted by Crippen LogP contribution is 2.36. The van der Waals surface area contributed by atoms with E-state index in [1.54, 1.807) is 37.7 Å². The molecule has 0 saturated carbocycles. The van der Waals surface area contributed by atoms with Gasteiger partial charge in [0, 0.05) is 34.3 Å². The van der Waals surface area contributed by atoms with Crippen molar-refractivity contribution in [2.24, 2.45) is 0 Å². The number of hydrogen-bond donors (Lipinski definition) is 0. The fourth-order valence-electron chi connectivity index (χ4n) is 3.34. The number of thiazole rings is 1. The molecular weight excluding hydrogens is 440 g/mol. The monoisotopic (exact) mass is 466 g/mol. The molecule has 5 nitrogen and oxygen atoms in total. The molecule has 0 N–H and O–H groups in total. The number of amides is 1. The van der Waals surface area contributed by atoms with Crippen molar-refractivity contribution in [3.05, 3.63) is 38.3 Å². The minimum absolute atomic E-state index is 0.0146. The maximum Gasteiger partial charge on any atom is 0.255 e. The number of rotatable bonds is 4. The molecule has 1 aromatic heterocycles. The first kappa shape index (κ1) is 21.1. The van der Waals surface area contributed by atoms with Crippen molar-refractivity contribution >= 4 is 33.2 Å². The largest absolute Gasteiger partial charge is 0.493 e. The second kappa shape index (κ2) is 8.41. The summed E-state index contributed by atoms with van der Waals surface area (Å²) in [6, 6.07) is 3.52. The number of aromatic nitrogens is 1. The fraction of sp³-hybridized carbons (Fsp3) is 0.524. The summed E-state index contributed by atoms with van der Waals surface area (Å²) in [6.07, 6.45) is 1.88. The molecule has 0 radical (unpaired) electrons. The van der Waals surface area contributed by atoms with Crippen LogP contribution in [0.2, 0.25) is 0 Å². The third-order valence-electron chi connectivity index (χ3n) is 5.13. The van der Waals surface area contributed by atoms with Crippen molar-refractivity contribution in [1.82, 2.24) is 9.88 Å². The maximum absolute atomic E-state index is 13.1. The molecule has 2 aromatic rings. The first-order valence-electron chi connectivity index (χ1n) is 9.41. The van der Waals surface area contributed by atoms with Crippen LogP contribution in [-0.2, 0) is 5.41 Å². The summed E-state index contributed by atoms with van der Waals surface area (Å²) in [6.45, 7) is 8.03. The summed E-state index contributed by atoms with van der Waals surface area (Å²) in [5, 5.41) is 3.37. The van der Waals surface area contributed by atoms with Gasteiger partial charge in [-0.1, -0.05) is 20.8 Å². The van der Waals surface area contributed by atoms with E-state index in [9.17, 15) is 4.79 Å². The van der Waals surface area contributed by atoms with Crippen LogP contribution >= 0.6 is 27.3 Å². The lowest BCUT2D eigenvalue weighted by molar-refractivity contribution is 0.0711. The minimum Gasteiger partial charge on any atom is -0.493 e. The van der Waals surface area contributed by atoms with Crippen LogP contribution in [0.5, 0.6) is 11.5 Å². The number of methoxy groups -OCH3 is 2. The second-order valence-corrected chi connectivity index (χ2v) is 9.82. The van der Waals surface area contributed by atoms with Crippen molar-refractivity contribution in [1.29, 1.82) is 0 Å². The van der Waals surface area contributed by atoms with E-state index < -0.39 is 0 Å². The number of piperidine rings is 1. The molecule has 1 fully saturated rings. The smallest absolute Gasteiger partial charge is 0.255 e. The van der Waals surface area contributed by atoms with E-state index in [0.29, 0.717) is 27.5 Å². The molecule has 1 aliphatic heterocycles. The van der Waals surface area contributed by atoms with E-state index in [0.717, 1.165) is 31.6 Å². The van der Waals surface area contributed by atoms with Crippen molar-refractivity contribution in [3.63, 3.8) is 0 Å². The summed E-state index contributed by atoms with van der Waals surface area (Å²) < 4.78 is 11.4. The van der Waals surface area contributed by atoms with Crippen molar-refractivity contribution in [2.45, 2.75) is 44.9 Å². The number of nitrogens with zero attached hydrogens (tertiary/aromatic N) is 2. The Kier molecular flexibility index (Phi) is 6.34. The molecule has 1 amide bonds. The Morgan fingerprint density at radius 2 is 1.79 bits per heavy atom. The number of hydrogen-bond acceptors (Lipinski definition) is 5. The van der Waals surface area contributed by atoms with Crippen LogP contribution in [0.1, 0.15) is 60.6 Å². The van der Waals surface area contributed by atoms with E-state index in [4.69, 9.17) is 14.5 Å². The molecule has 3 rings (SSSR count). The van der Waals surface area contributed by atoms with Gasteiger partial charge in [0.15, 0.2) is 11.5 Å². The summed E-state index contributed by atoms with van der Waals surface area (Å²) in [7, 11) is 3.16. The van der Waals surface area contributed by atoms with Gasteiger partial charge in [0.25, 0.3) is 5.91 Å². The van der Waals surface area contributed by atoms with Gasteiger partial charge in [0.1, 0.15) is 0 Å². The number of benzene rings is 1. The third-order valence-corrected chi connectivity index (χ3v) is 6.79. The third kappa shape index (κ3) is 4.35. The highest BCUT2D eigenvalue weighted by molar-refractivity contribution is 9.10. The predicted molar refractivity (Wildman–Crippen MR) is 116 cm³/mol. The lowest BCUT2D eigenvalue weighted by atomic mass is 9.93. The van der Waals surface area contributed by atoms with Crippen molar-refractivity contribution in [2.75, 3.05) is 27.3 Å². The van der Waals surface area contributed by atoms with Crippen LogP contribution in [0.25, 0.3) is 0 Å². The maximum atomic E-state index is 13.1. The number of carbonyl (C=O) groups excluding carboxylic acids is 1. The molecule has 28 heavy (non-hydrogen) atoms. The summed E-state index contributed by atoms with van der Waals surface area (Å²) in [5.41, 5.74) is 1.83. The predicted octanol–water partition coefficient (Wildman–Crippen LogP) is 5.24. The first-order chi connectivity index (χ1) is 13.2. The van der Waals surface area contributed by atoms with Crippen LogP contribution in [0.3, 0.4) is 0 Å². The van der Waals surface area contributed by atoms with Gasteiger partial charge >= 0.3 is 0 Å². The quantitative estimate of drug-likeness (QED) is 0.617. The zero-order chi connectivity index (χ0) is 20.5. The Morgan fingerprint density at radius 3 is 2.32 bits per heavy atom. The van der Waals surface area contributed by atoms with Crippen LogP contribution in [0.4, 0.5) is 0 Å². The van der Waals surface area contributed by atoms with E-state index >= 15 is 0 Å². The zero-order valence-corrected chi connectivity index (χ0v) is 19.4. The summed E-state index contributed by atoms with van der Waals surface area (Å²) >= 11 is 5.24. The molecule has 2 heterocycles. The number of ether oxygens (including phenoxy) is 2. The topological polar surface area (TPSA) is 51.7 Å². The Balaban J connectivity index is 1.70. The zero-order valence-electron chi connectivity index (χ0n) is 17.0. The molecule has 0 spiro atoms. The average Bonchev–Trinajstić information content (AvgIpc) is 3.18. The highest BCUT2D eigenvalue weighted by atomic mass is 79.9. The van der Waals surface area contributed by atoms with Gasteiger partial charge in [0.05, 0.1) is 30.5 Å². The number of carbonyl (C=O) groups is 1. The molecule has 0 aliphatic carbocycles. The van der Waals surface area contributed by atoms with Gasteiger partial charge < -0.3 is 14.4 Å². The summed E-state index contributed by atoms with van der Waals surface area (Å²) in [5.74, 6) is 1.60. The van der Waals surface area contributed by atoms with Crippen LogP contribution < -0.4 is 9.47 Å². The number of halogens is 1. The van der Waals surface area contributed by atoms with Gasteiger partial charge in [-0.05, 0) is 40.9 Å². The lowest BCUT2D eigenvalue weighted by Gasteiger charge is -2.31. The molecular formula is C21H27BrN2O3S. The number of likely N-dealkylation sites (tertiary alicyclic amines) is 1. The standard InChI is InChI=1S/C21H27BrN2O3S/c1-21(2,3)18-12-28-19(23-18)13-6-8-24(9-7-13)20(25)14-10-16(26-4)17(27-5)11-15(14)22/h10-13H,6-9H2,1-5H3. The highest BCUT2D eigenvalue weighted by Gasteiger charge is 2.29. The molecule has 7 heteroatoms. The molecule has 0 atom stereocenters.